The molecule has 1 atom stereocenters. The van der Waals surface area contributed by atoms with E-state index in [1.807, 2.05) is 0 Å². The summed E-state index contributed by atoms with van der Waals surface area (Å²) in [5.74, 6) is -0.157. The fourth-order valence-electron chi connectivity index (χ4n) is 2.60. The van der Waals surface area contributed by atoms with Crippen molar-refractivity contribution in [3.8, 4) is 5.75 Å². The van der Waals surface area contributed by atoms with Crippen LogP contribution in [0, 0.1) is 0 Å². The number of nitrogens with zero attached hydrogens (tertiary/aromatic N) is 1. The maximum absolute atomic E-state index is 13.0. The van der Waals surface area contributed by atoms with Crippen molar-refractivity contribution in [2.75, 3.05) is 12.2 Å². The van der Waals surface area contributed by atoms with Crippen LogP contribution < -0.4 is 15.1 Å². The van der Waals surface area contributed by atoms with Crippen molar-refractivity contribution in [3.63, 3.8) is 0 Å². The van der Waals surface area contributed by atoms with Gasteiger partial charge in [0.1, 0.15) is 23.0 Å². The Balaban J connectivity index is 2.30. The summed E-state index contributed by atoms with van der Waals surface area (Å²) >= 11 is 0. The van der Waals surface area contributed by atoms with Crippen molar-refractivity contribution in [2.45, 2.75) is 65.2 Å². The Morgan fingerprint density at radius 3 is 2.24 bits per heavy atom. The minimum absolute atomic E-state index is 0.200. The summed E-state index contributed by atoms with van der Waals surface area (Å²) in [6.07, 6.45) is -1.59. The lowest BCUT2D eigenvalue weighted by molar-refractivity contribution is -0.128. The second-order valence-electron chi connectivity index (χ2n) is 8.59. The molecule has 1 N–H and O–H groups in total. The maximum Gasteiger partial charge on any atom is 0.534 e. The Hall–Kier alpha value is -2.97. The first kappa shape index (κ1) is 22.3. The molecule has 160 valence electrons. The standard InChI is InChI=1S/C20H28N2O7/c1-19(2,3)27-17(24)21-14-10-12-8-9-13(26-7)11-15(12)22(16(14)23)29-18(25)28-20(4,5)6/h8-9,11,14H,10H2,1-7H3,(H,21,24)/t14-/m0/s1. The van der Waals surface area contributed by atoms with E-state index in [2.05, 4.69) is 5.32 Å². The quantitative estimate of drug-likeness (QED) is 0.765. The molecule has 9 heteroatoms. The van der Waals surface area contributed by atoms with Gasteiger partial charge in [0, 0.05) is 12.5 Å². The Labute approximate surface area is 170 Å². The number of hydrogen-bond donors (Lipinski definition) is 1. The van der Waals surface area contributed by atoms with Crippen molar-refractivity contribution in [1.82, 2.24) is 5.32 Å². The molecule has 2 amide bonds. The van der Waals surface area contributed by atoms with Gasteiger partial charge in [0.05, 0.1) is 12.8 Å². The lowest BCUT2D eigenvalue weighted by Gasteiger charge is -2.33. The first-order chi connectivity index (χ1) is 13.3. The number of rotatable bonds is 3. The zero-order chi connectivity index (χ0) is 22.0. The lowest BCUT2D eigenvalue weighted by Crippen LogP contribution is -2.54. The van der Waals surface area contributed by atoms with Crippen molar-refractivity contribution in [2.24, 2.45) is 0 Å². The molecule has 0 aliphatic carbocycles. The van der Waals surface area contributed by atoms with E-state index in [9.17, 15) is 14.4 Å². The monoisotopic (exact) mass is 408 g/mol. The number of anilines is 1. The van der Waals surface area contributed by atoms with E-state index in [1.54, 1.807) is 59.7 Å². The molecule has 0 spiro atoms. The number of fused-ring (bicyclic) bond motifs is 1. The van der Waals surface area contributed by atoms with Crippen LogP contribution >= 0.6 is 0 Å². The number of ether oxygens (including phenoxy) is 3. The number of methoxy groups -OCH3 is 1. The first-order valence-corrected chi connectivity index (χ1v) is 9.20. The molecule has 1 aliphatic heterocycles. The van der Waals surface area contributed by atoms with Gasteiger partial charge in [-0.25, -0.2) is 9.59 Å². The molecule has 0 fully saturated rings. The van der Waals surface area contributed by atoms with E-state index >= 15 is 0 Å². The number of amides is 2. The largest absolute Gasteiger partial charge is 0.534 e. The topological polar surface area (TPSA) is 103 Å². The molecule has 0 radical (unpaired) electrons. The molecule has 1 aliphatic rings. The van der Waals surface area contributed by atoms with E-state index in [-0.39, 0.29) is 6.42 Å². The highest BCUT2D eigenvalue weighted by atomic mass is 16.8. The number of nitrogens with one attached hydrogen (secondary N) is 1. The molecule has 0 aromatic heterocycles. The van der Waals surface area contributed by atoms with Gasteiger partial charge < -0.3 is 19.5 Å². The number of benzene rings is 1. The fraction of sp³-hybridized carbons (Fsp3) is 0.550. The number of hydrogen-bond acceptors (Lipinski definition) is 7. The highest BCUT2D eigenvalue weighted by Gasteiger charge is 2.38. The second-order valence-corrected chi connectivity index (χ2v) is 8.59. The average Bonchev–Trinajstić information content (AvgIpc) is 2.55. The Morgan fingerprint density at radius 2 is 1.69 bits per heavy atom. The highest BCUT2D eigenvalue weighted by molar-refractivity contribution is 6.01. The van der Waals surface area contributed by atoms with Gasteiger partial charge in [-0.15, -0.1) is 5.06 Å². The lowest BCUT2D eigenvalue weighted by atomic mass is 9.98. The van der Waals surface area contributed by atoms with Crippen molar-refractivity contribution < 1.29 is 33.4 Å². The predicted octanol–water partition coefficient (Wildman–Crippen LogP) is 3.34. The minimum atomic E-state index is -1.04. The molecule has 1 heterocycles. The summed E-state index contributed by atoms with van der Waals surface area (Å²) in [5.41, 5.74) is -0.515. The molecule has 0 saturated heterocycles. The van der Waals surface area contributed by atoms with Gasteiger partial charge in [-0.2, -0.15) is 0 Å². The molecule has 29 heavy (non-hydrogen) atoms. The van der Waals surface area contributed by atoms with Crippen LogP contribution in [0.15, 0.2) is 18.2 Å². The summed E-state index contributed by atoms with van der Waals surface area (Å²) in [5, 5.41) is 3.35. The summed E-state index contributed by atoms with van der Waals surface area (Å²) in [4.78, 5) is 42.5. The zero-order valence-electron chi connectivity index (χ0n) is 17.8. The molecule has 2 rings (SSSR count). The van der Waals surface area contributed by atoms with Crippen LogP contribution in [0.1, 0.15) is 47.1 Å². The molecular weight excluding hydrogens is 380 g/mol. The third-order valence-corrected chi connectivity index (χ3v) is 3.68. The van der Waals surface area contributed by atoms with Crippen molar-refractivity contribution in [1.29, 1.82) is 0 Å². The van der Waals surface area contributed by atoms with Crippen LogP contribution in [-0.2, 0) is 25.5 Å². The van der Waals surface area contributed by atoms with Gasteiger partial charge in [0.2, 0.25) is 0 Å². The van der Waals surface area contributed by atoms with Gasteiger partial charge in [-0.1, -0.05) is 6.07 Å². The van der Waals surface area contributed by atoms with Gasteiger partial charge in [0.15, 0.2) is 0 Å². The smallest absolute Gasteiger partial charge is 0.497 e. The van der Waals surface area contributed by atoms with E-state index in [0.717, 1.165) is 5.06 Å². The van der Waals surface area contributed by atoms with E-state index in [1.165, 1.54) is 7.11 Å². The Kier molecular flexibility index (Phi) is 6.30. The minimum Gasteiger partial charge on any atom is -0.497 e. The summed E-state index contributed by atoms with van der Waals surface area (Å²) < 4.78 is 15.6. The summed E-state index contributed by atoms with van der Waals surface area (Å²) in [6.45, 7) is 10.2. The van der Waals surface area contributed by atoms with Crippen LogP contribution in [0.5, 0.6) is 5.75 Å². The molecule has 0 bridgehead atoms. The van der Waals surface area contributed by atoms with Crippen LogP contribution in [-0.4, -0.2) is 42.5 Å². The van der Waals surface area contributed by atoms with Crippen molar-refractivity contribution in [3.05, 3.63) is 23.8 Å². The molecule has 1 aromatic rings. The third kappa shape index (κ3) is 6.27. The van der Waals surface area contributed by atoms with Gasteiger partial charge in [-0.05, 0) is 53.2 Å². The number of carbonyl (C=O) groups excluding carboxylic acids is 3. The summed E-state index contributed by atoms with van der Waals surface area (Å²) in [7, 11) is 1.48. The van der Waals surface area contributed by atoms with Gasteiger partial charge in [-0.3, -0.25) is 9.63 Å². The first-order valence-electron chi connectivity index (χ1n) is 9.20. The second kappa shape index (κ2) is 8.18. The van der Waals surface area contributed by atoms with Gasteiger partial charge >= 0.3 is 12.2 Å². The molecule has 1 aromatic carbocycles. The van der Waals surface area contributed by atoms with Crippen LogP contribution in [0.3, 0.4) is 0 Å². The van der Waals surface area contributed by atoms with Crippen LogP contribution in [0.25, 0.3) is 0 Å². The third-order valence-electron chi connectivity index (χ3n) is 3.68. The van der Waals surface area contributed by atoms with Crippen LogP contribution in [0.4, 0.5) is 15.3 Å². The predicted molar refractivity (Wildman–Crippen MR) is 105 cm³/mol. The van der Waals surface area contributed by atoms with E-state index in [4.69, 9.17) is 19.0 Å². The van der Waals surface area contributed by atoms with E-state index < -0.39 is 35.4 Å². The Morgan fingerprint density at radius 1 is 1.07 bits per heavy atom. The molecular formula is C20H28N2O7. The molecule has 9 nitrogen and oxygen atoms in total. The average molecular weight is 408 g/mol. The number of hydroxylamine groups is 1. The molecule has 0 saturated carbocycles. The number of alkyl carbamates (subject to hydrolysis) is 1. The Bertz CT molecular complexity index is 793. The maximum atomic E-state index is 13.0. The molecule has 0 unspecified atom stereocenters. The van der Waals surface area contributed by atoms with E-state index in [0.29, 0.717) is 17.0 Å². The SMILES string of the molecule is COc1ccc2c(c1)N(OC(=O)OC(C)(C)C)C(=O)[C@@H](NC(=O)OC(C)(C)C)C2. The summed E-state index contributed by atoms with van der Waals surface area (Å²) in [6, 6.07) is 4.04. The van der Waals surface area contributed by atoms with Crippen LogP contribution in [0.2, 0.25) is 0 Å². The zero-order valence-corrected chi connectivity index (χ0v) is 17.8. The number of carbonyl (C=O) groups is 3. The normalized spacial score (nSPS) is 16.6. The van der Waals surface area contributed by atoms with Gasteiger partial charge in [0.25, 0.3) is 5.91 Å². The fourth-order valence-corrected chi connectivity index (χ4v) is 2.60. The van der Waals surface area contributed by atoms with Crippen molar-refractivity contribution >= 4 is 23.8 Å². The highest BCUT2D eigenvalue weighted by Crippen LogP contribution is 2.32.